The Balaban J connectivity index is 1.72. The van der Waals surface area contributed by atoms with Gasteiger partial charge in [-0.1, -0.05) is 12.1 Å². The van der Waals surface area contributed by atoms with E-state index in [1.165, 1.54) is 38.1 Å². The Bertz CT molecular complexity index is 1780. The smallest absolute Gasteiger partial charge is 0.440 e. The molecule has 0 unspecified atom stereocenters. The van der Waals surface area contributed by atoms with Gasteiger partial charge in [-0.25, -0.2) is 14.1 Å². The predicted molar refractivity (Wildman–Crippen MR) is 142 cm³/mol. The molecule has 43 heavy (non-hydrogen) atoms. The van der Waals surface area contributed by atoms with Crippen molar-refractivity contribution in [2.75, 3.05) is 0 Å². The summed E-state index contributed by atoms with van der Waals surface area (Å²) >= 11 is 0. The molecule has 0 saturated carbocycles. The molecular formula is C30H22F7N3O3. The average molecular weight is 606 g/mol. The molecule has 2 aromatic heterocycles. The van der Waals surface area contributed by atoms with Crippen LogP contribution in [0.3, 0.4) is 0 Å². The third kappa shape index (κ3) is 6.12. The highest BCUT2D eigenvalue weighted by atomic mass is 19.4. The van der Waals surface area contributed by atoms with Crippen LogP contribution in [0.15, 0.2) is 65.1 Å². The molecule has 224 valence electrons. The molecule has 2 heterocycles. The van der Waals surface area contributed by atoms with Gasteiger partial charge in [0.15, 0.2) is 17.3 Å². The maximum atomic E-state index is 14.8. The van der Waals surface area contributed by atoms with Gasteiger partial charge in [0.05, 0.1) is 12.3 Å². The molecule has 0 aliphatic carbocycles. The molecule has 0 aliphatic rings. The van der Waals surface area contributed by atoms with E-state index in [1.54, 1.807) is 25.1 Å². The molecule has 0 spiro atoms. The van der Waals surface area contributed by atoms with E-state index in [1.807, 2.05) is 0 Å². The van der Waals surface area contributed by atoms with E-state index in [2.05, 4.69) is 14.8 Å². The van der Waals surface area contributed by atoms with E-state index in [9.17, 15) is 35.8 Å². The number of oxazole rings is 1. The average Bonchev–Trinajstić information content (AvgIpc) is 3.50. The summed E-state index contributed by atoms with van der Waals surface area (Å²) in [6.45, 7) is 4.10. The zero-order valence-electron chi connectivity index (χ0n) is 22.7. The maximum Gasteiger partial charge on any atom is 0.573 e. The van der Waals surface area contributed by atoms with Crippen LogP contribution < -0.4 is 4.74 Å². The Kier molecular flexibility index (Phi) is 7.55. The molecule has 0 saturated heterocycles. The van der Waals surface area contributed by atoms with E-state index < -0.39 is 36.4 Å². The van der Waals surface area contributed by atoms with Gasteiger partial charge in [-0.05, 0) is 79.1 Å². The van der Waals surface area contributed by atoms with Crippen molar-refractivity contribution in [3.05, 3.63) is 94.9 Å². The number of hydrogen-bond donors (Lipinski definition) is 1. The second-order valence-corrected chi connectivity index (χ2v) is 9.71. The number of aryl methyl sites for hydroxylation is 3. The molecule has 13 heteroatoms. The summed E-state index contributed by atoms with van der Waals surface area (Å²) in [6, 6.07) is 13.3. The van der Waals surface area contributed by atoms with Crippen LogP contribution >= 0.6 is 0 Å². The summed E-state index contributed by atoms with van der Waals surface area (Å²) in [7, 11) is 0. The first-order valence-corrected chi connectivity index (χ1v) is 12.7. The summed E-state index contributed by atoms with van der Waals surface area (Å²) in [5.41, 5.74) is 1.45. The van der Waals surface area contributed by atoms with Crippen LogP contribution in [0.2, 0.25) is 0 Å². The highest BCUT2D eigenvalue weighted by Gasteiger charge is 2.35. The molecule has 3 aromatic carbocycles. The number of ether oxygens (including phenoxy) is 1. The number of halogens is 7. The summed E-state index contributed by atoms with van der Waals surface area (Å²) in [5, 5.41) is 13.3. The topological polar surface area (TPSA) is 73.3 Å². The highest BCUT2D eigenvalue weighted by molar-refractivity contribution is 5.85. The molecule has 6 nitrogen and oxygen atoms in total. The van der Waals surface area contributed by atoms with Gasteiger partial charge in [0.1, 0.15) is 17.3 Å². The molecule has 1 N–H and O–H groups in total. The molecule has 5 aromatic rings. The second-order valence-electron chi connectivity index (χ2n) is 9.71. The number of alkyl halides is 6. The van der Waals surface area contributed by atoms with Gasteiger partial charge >= 0.3 is 12.5 Å². The lowest BCUT2D eigenvalue weighted by Gasteiger charge is -2.15. The van der Waals surface area contributed by atoms with Crippen molar-refractivity contribution in [1.29, 1.82) is 0 Å². The maximum absolute atomic E-state index is 14.8. The van der Waals surface area contributed by atoms with Crippen LogP contribution in [-0.4, -0.2) is 26.2 Å². The minimum Gasteiger partial charge on any atom is -0.440 e. The summed E-state index contributed by atoms with van der Waals surface area (Å²) in [5.74, 6) is -0.847. The third-order valence-corrected chi connectivity index (χ3v) is 6.65. The van der Waals surface area contributed by atoms with Crippen LogP contribution in [0.5, 0.6) is 5.75 Å². The molecule has 0 bridgehead atoms. The number of aromatic nitrogens is 3. The van der Waals surface area contributed by atoms with Gasteiger partial charge in [-0.15, -0.1) is 13.2 Å². The first-order chi connectivity index (χ1) is 20.1. The SMILES string of the molecule is Cc1nc(-c2ccc(OC(F)(F)F)cc2)c(-c2cc(-c3cc(C)c(CO)c(F)c3)ccc2-n2nc(C(F)(F)F)cc2C)o1. The third-order valence-electron chi connectivity index (χ3n) is 6.65. The van der Waals surface area contributed by atoms with Crippen LogP contribution in [0, 0.1) is 26.6 Å². The van der Waals surface area contributed by atoms with Gasteiger partial charge in [-0.3, -0.25) is 0 Å². The fourth-order valence-corrected chi connectivity index (χ4v) is 4.70. The standard InChI is InChI=1S/C30H22F7N3O3/c1-15-10-20(13-24(31)23(15)14-41)19-6-9-25(40-16(2)11-26(39-40)29(32,33)34)22(12-19)28-27(38-17(3)42-28)18-4-7-21(8-5-18)43-30(35,36)37/h4-13,41H,14H2,1-3H3. The largest absolute Gasteiger partial charge is 0.573 e. The van der Waals surface area contributed by atoms with E-state index in [-0.39, 0.29) is 39.9 Å². The molecule has 0 amide bonds. The predicted octanol–water partition coefficient (Wildman–Crippen LogP) is 8.34. The van der Waals surface area contributed by atoms with Crippen LogP contribution in [0.25, 0.3) is 39.4 Å². The summed E-state index contributed by atoms with van der Waals surface area (Å²) < 4.78 is 104. The summed E-state index contributed by atoms with van der Waals surface area (Å²) in [6.07, 6.45) is -9.61. The lowest BCUT2D eigenvalue weighted by Crippen LogP contribution is -2.16. The monoisotopic (exact) mass is 605 g/mol. The quantitative estimate of drug-likeness (QED) is 0.197. The fraction of sp³-hybridized carbons (Fsp3) is 0.200. The zero-order chi connectivity index (χ0) is 31.3. The number of hydrogen-bond acceptors (Lipinski definition) is 5. The Labute approximate surface area is 240 Å². The minimum atomic E-state index is -4.89. The number of aliphatic hydroxyl groups excluding tert-OH is 1. The molecule has 0 fully saturated rings. The molecule has 5 rings (SSSR count). The molecule has 0 aliphatic heterocycles. The first-order valence-electron chi connectivity index (χ1n) is 12.7. The van der Waals surface area contributed by atoms with Crippen molar-refractivity contribution >= 4 is 0 Å². The normalized spacial score (nSPS) is 12.2. The van der Waals surface area contributed by atoms with Crippen molar-refractivity contribution in [3.8, 4) is 45.1 Å². The first kappa shape index (κ1) is 29.8. The van der Waals surface area contributed by atoms with Crippen molar-refractivity contribution in [2.24, 2.45) is 0 Å². The number of rotatable bonds is 6. The second kappa shape index (κ2) is 10.9. The molecule has 0 radical (unpaired) electrons. The lowest BCUT2D eigenvalue weighted by atomic mass is 9.96. The molecule has 0 atom stereocenters. The van der Waals surface area contributed by atoms with Crippen LogP contribution in [0.1, 0.15) is 28.4 Å². The summed E-state index contributed by atoms with van der Waals surface area (Å²) in [4.78, 5) is 4.39. The Morgan fingerprint density at radius 2 is 1.53 bits per heavy atom. The van der Waals surface area contributed by atoms with Crippen molar-refractivity contribution in [2.45, 2.75) is 39.9 Å². The van der Waals surface area contributed by atoms with Gasteiger partial charge < -0.3 is 14.3 Å². The highest BCUT2D eigenvalue weighted by Crippen LogP contribution is 2.40. The van der Waals surface area contributed by atoms with E-state index >= 15 is 0 Å². The van der Waals surface area contributed by atoms with Gasteiger partial charge in [0.25, 0.3) is 0 Å². The van der Waals surface area contributed by atoms with E-state index in [0.29, 0.717) is 22.3 Å². The fourth-order valence-electron chi connectivity index (χ4n) is 4.70. The lowest BCUT2D eigenvalue weighted by molar-refractivity contribution is -0.274. The van der Waals surface area contributed by atoms with Crippen molar-refractivity contribution in [1.82, 2.24) is 14.8 Å². The van der Waals surface area contributed by atoms with Crippen LogP contribution in [0.4, 0.5) is 30.7 Å². The van der Waals surface area contributed by atoms with E-state index in [4.69, 9.17) is 4.42 Å². The van der Waals surface area contributed by atoms with Gasteiger partial charge in [-0.2, -0.15) is 18.3 Å². The Morgan fingerprint density at radius 3 is 2.12 bits per heavy atom. The van der Waals surface area contributed by atoms with Crippen LogP contribution in [-0.2, 0) is 12.8 Å². The Morgan fingerprint density at radius 1 is 0.860 bits per heavy atom. The number of nitrogens with zero attached hydrogens (tertiary/aromatic N) is 3. The van der Waals surface area contributed by atoms with Gasteiger partial charge in [0.2, 0.25) is 0 Å². The van der Waals surface area contributed by atoms with Gasteiger partial charge in [0, 0.05) is 29.3 Å². The van der Waals surface area contributed by atoms with E-state index in [0.717, 1.165) is 22.9 Å². The Hall–Kier alpha value is -4.65. The zero-order valence-corrected chi connectivity index (χ0v) is 22.7. The molecular weight excluding hydrogens is 583 g/mol. The number of benzene rings is 3. The number of aliphatic hydroxyl groups is 1. The van der Waals surface area contributed by atoms with Crippen molar-refractivity contribution in [3.63, 3.8) is 0 Å². The minimum absolute atomic E-state index is 0.0893. The van der Waals surface area contributed by atoms with Crippen molar-refractivity contribution < 1.29 is 45.0 Å².